The van der Waals surface area contributed by atoms with Crippen LogP contribution in [0, 0.1) is 11.8 Å². The maximum Gasteiger partial charge on any atom is 0.303 e. The van der Waals surface area contributed by atoms with Gasteiger partial charge in [0.15, 0.2) is 12.5 Å². The summed E-state index contributed by atoms with van der Waals surface area (Å²) in [6.07, 6.45) is 9.84. The summed E-state index contributed by atoms with van der Waals surface area (Å²) in [6, 6.07) is 0.541. The number of aliphatic carboxylic acids is 1. The molecular formula is C24H41N3O4. The lowest BCUT2D eigenvalue weighted by Gasteiger charge is -2.42. The molecule has 1 N–H and O–H groups in total. The van der Waals surface area contributed by atoms with Gasteiger partial charge in [0.1, 0.15) is 0 Å². The maximum atomic E-state index is 12.8. The Morgan fingerprint density at radius 1 is 0.935 bits per heavy atom. The third kappa shape index (κ3) is 7.13. The molecule has 1 saturated carbocycles. The van der Waals surface area contributed by atoms with Crippen molar-refractivity contribution in [2.45, 2.75) is 71.3 Å². The van der Waals surface area contributed by atoms with Gasteiger partial charge >= 0.3 is 5.97 Å². The van der Waals surface area contributed by atoms with Crippen molar-refractivity contribution in [1.82, 2.24) is 14.7 Å². The van der Waals surface area contributed by atoms with Gasteiger partial charge in [-0.25, -0.2) is 0 Å². The minimum atomic E-state index is -0.676. The Kier molecular flexibility index (Phi) is 9.05. The zero-order valence-corrected chi connectivity index (χ0v) is 19.4. The first-order valence-corrected chi connectivity index (χ1v) is 12.3. The van der Waals surface area contributed by atoms with E-state index in [0.29, 0.717) is 18.4 Å². The van der Waals surface area contributed by atoms with E-state index in [9.17, 15) is 9.59 Å². The molecule has 176 valence electrons. The van der Waals surface area contributed by atoms with Crippen molar-refractivity contribution in [3.8, 4) is 0 Å². The molecule has 1 aliphatic carbocycles. The molecule has 0 radical (unpaired) electrons. The van der Waals surface area contributed by atoms with Crippen molar-refractivity contribution < 1.29 is 19.4 Å². The lowest BCUT2D eigenvalue weighted by molar-refractivity contribution is -0.138. The second-order valence-corrected chi connectivity index (χ2v) is 9.60. The zero-order valence-electron chi connectivity index (χ0n) is 19.4. The number of allylic oxidation sites excluding steroid dienone is 1. The van der Waals surface area contributed by atoms with E-state index in [1.54, 1.807) is 0 Å². The molecule has 2 saturated heterocycles. The molecule has 7 heteroatoms. The molecule has 0 aromatic carbocycles. The number of piperidine rings is 1. The number of likely N-dealkylation sites (tertiary alicyclic amines) is 1. The summed E-state index contributed by atoms with van der Waals surface area (Å²) in [5, 5.41) is 8.99. The largest absolute Gasteiger partial charge is 0.481 e. The van der Waals surface area contributed by atoms with E-state index < -0.39 is 5.97 Å². The highest BCUT2D eigenvalue weighted by molar-refractivity contribution is 5.77. The van der Waals surface area contributed by atoms with Crippen LogP contribution in [-0.2, 0) is 14.3 Å². The molecule has 3 aliphatic rings. The van der Waals surface area contributed by atoms with Crippen LogP contribution >= 0.6 is 0 Å². The van der Waals surface area contributed by atoms with Gasteiger partial charge in [0, 0.05) is 51.7 Å². The maximum absolute atomic E-state index is 12.8. The summed E-state index contributed by atoms with van der Waals surface area (Å²) in [5.74, 6) is 1.38. The standard InChI is InChI=1S/C24H41N3O4/c1-3-4-23(27-11-9-19(2)10-12-27)31-18-22(28)26-15-13-25(14-16-26)21-7-5-20(6-8-21)17-24(29)30/h4,19-21H,3,5-18H2,1-2H3,(H,29,30)/b23-4+. The molecule has 0 atom stereocenters. The van der Waals surface area contributed by atoms with Gasteiger partial charge in [-0.3, -0.25) is 14.5 Å². The molecule has 0 unspecified atom stereocenters. The average Bonchev–Trinajstić information content (AvgIpc) is 2.77. The fourth-order valence-electron chi connectivity index (χ4n) is 5.21. The van der Waals surface area contributed by atoms with Crippen molar-refractivity contribution in [1.29, 1.82) is 0 Å². The first kappa shape index (κ1) is 23.9. The summed E-state index contributed by atoms with van der Waals surface area (Å²) in [6.45, 7) is 9.86. The highest BCUT2D eigenvalue weighted by Crippen LogP contribution is 2.30. The number of carboxylic acids is 1. The number of hydrogen-bond acceptors (Lipinski definition) is 5. The Balaban J connectivity index is 1.39. The number of carbonyl (C=O) groups is 2. The minimum Gasteiger partial charge on any atom is -0.481 e. The quantitative estimate of drug-likeness (QED) is 0.591. The van der Waals surface area contributed by atoms with Gasteiger partial charge in [-0.2, -0.15) is 0 Å². The van der Waals surface area contributed by atoms with E-state index in [2.05, 4.69) is 29.7 Å². The number of ether oxygens (including phenoxy) is 1. The van der Waals surface area contributed by atoms with Crippen molar-refractivity contribution in [3.05, 3.63) is 12.0 Å². The fraction of sp³-hybridized carbons (Fsp3) is 0.833. The zero-order chi connectivity index (χ0) is 22.2. The molecule has 31 heavy (non-hydrogen) atoms. The van der Waals surface area contributed by atoms with Gasteiger partial charge in [-0.15, -0.1) is 0 Å². The van der Waals surface area contributed by atoms with E-state index in [0.717, 1.165) is 83.2 Å². The van der Waals surface area contributed by atoms with Crippen LogP contribution in [0.2, 0.25) is 0 Å². The van der Waals surface area contributed by atoms with Crippen LogP contribution in [0.15, 0.2) is 12.0 Å². The van der Waals surface area contributed by atoms with Crippen LogP contribution in [-0.4, -0.2) is 83.6 Å². The van der Waals surface area contributed by atoms with Gasteiger partial charge in [0.25, 0.3) is 5.91 Å². The molecular weight excluding hydrogens is 394 g/mol. The monoisotopic (exact) mass is 435 g/mol. The van der Waals surface area contributed by atoms with Gasteiger partial charge in [-0.1, -0.05) is 13.8 Å². The van der Waals surface area contributed by atoms with E-state index in [-0.39, 0.29) is 12.5 Å². The molecule has 1 amide bonds. The third-order valence-electron chi connectivity index (χ3n) is 7.28. The van der Waals surface area contributed by atoms with Crippen molar-refractivity contribution >= 4 is 11.9 Å². The van der Waals surface area contributed by atoms with Gasteiger partial charge < -0.3 is 19.6 Å². The van der Waals surface area contributed by atoms with Crippen LogP contribution < -0.4 is 0 Å². The number of carbonyl (C=O) groups excluding carboxylic acids is 1. The van der Waals surface area contributed by atoms with E-state index in [4.69, 9.17) is 9.84 Å². The number of amides is 1. The molecule has 2 aliphatic heterocycles. The number of nitrogens with zero attached hydrogens (tertiary/aromatic N) is 3. The normalized spacial score (nSPS) is 26.7. The highest BCUT2D eigenvalue weighted by Gasteiger charge is 2.30. The average molecular weight is 436 g/mol. The van der Waals surface area contributed by atoms with Crippen LogP contribution in [0.1, 0.15) is 65.2 Å². The van der Waals surface area contributed by atoms with Crippen LogP contribution in [0.4, 0.5) is 0 Å². The molecule has 0 aromatic rings. The minimum absolute atomic E-state index is 0.0807. The first-order chi connectivity index (χ1) is 15.0. The van der Waals surface area contributed by atoms with Crippen molar-refractivity contribution in [2.75, 3.05) is 45.9 Å². The molecule has 3 rings (SSSR count). The SMILES string of the molecule is CC/C=C(/OCC(=O)N1CCN(C2CCC(CC(=O)O)CC2)CC1)N1CCC(C)CC1. The topological polar surface area (TPSA) is 73.3 Å². The third-order valence-corrected chi connectivity index (χ3v) is 7.28. The predicted octanol–water partition coefficient (Wildman–Crippen LogP) is 3.16. The Labute approximate surface area is 187 Å². The second kappa shape index (κ2) is 11.7. The van der Waals surface area contributed by atoms with E-state index >= 15 is 0 Å². The summed E-state index contributed by atoms with van der Waals surface area (Å²) >= 11 is 0. The summed E-state index contributed by atoms with van der Waals surface area (Å²) < 4.78 is 5.99. The van der Waals surface area contributed by atoms with E-state index in [1.165, 1.54) is 12.8 Å². The Hall–Kier alpha value is -1.76. The molecule has 3 fully saturated rings. The lowest BCUT2D eigenvalue weighted by Crippen LogP contribution is -2.53. The summed E-state index contributed by atoms with van der Waals surface area (Å²) in [4.78, 5) is 30.4. The fourth-order valence-corrected chi connectivity index (χ4v) is 5.21. The summed E-state index contributed by atoms with van der Waals surface area (Å²) in [5.41, 5.74) is 0. The highest BCUT2D eigenvalue weighted by atomic mass is 16.5. The first-order valence-electron chi connectivity index (χ1n) is 12.3. The smallest absolute Gasteiger partial charge is 0.303 e. The summed E-state index contributed by atoms with van der Waals surface area (Å²) in [7, 11) is 0. The number of piperazine rings is 1. The van der Waals surface area contributed by atoms with Gasteiger partial charge in [0.05, 0.1) is 0 Å². The van der Waals surface area contributed by atoms with Gasteiger partial charge in [0.2, 0.25) is 0 Å². The molecule has 7 nitrogen and oxygen atoms in total. The Morgan fingerprint density at radius 2 is 1.58 bits per heavy atom. The Morgan fingerprint density at radius 3 is 2.16 bits per heavy atom. The second-order valence-electron chi connectivity index (χ2n) is 9.60. The van der Waals surface area contributed by atoms with E-state index in [1.807, 2.05) is 4.90 Å². The molecule has 2 heterocycles. The van der Waals surface area contributed by atoms with Crippen LogP contribution in [0.25, 0.3) is 0 Å². The molecule has 0 bridgehead atoms. The van der Waals surface area contributed by atoms with Crippen molar-refractivity contribution in [2.24, 2.45) is 11.8 Å². The predicted molar refractivity (Wildman–Crippen MR) is 120 cm³/mol. The van der Waals surface area contributed by atoms with Crippen LogP contribution in [0.3, 0.4) is 0 Å². The lowest BCUT2D eigenvalue weighted by atomic mass is 9.83. The molecule has 0 aromatic heterocycles. The number of rotatable bonds is 8. The van der Waals surface area contributed by atoms with Crippen molar-refractivity contribution in [3.63, 3.8) is 0 Å². The number of hydrogen-bond donors (Lipinski definition) is 1. The Bertz CT molecular complexity index is 614. The van der Waals surface area contributed by atoms with Gasteiger partial charge in [-0.05, 0) is 62.9 Å². The van der Waals surface area contributed by atoms with Crippen LogP contribution in [0.5, 0.6) is 0 Å². The number of carboxylic acid groups (broad SMARTS) is 1. The molecule has 0 spiro atoms.